The van der Waals surface area contributed by atoms with Crippen molar-refractivity contribution in [2.24, 2.45) is 0 Å². The van der Waals surface area contributed by atoms with Gasteiger partial charge in [-0.2, -0.15) is 0 Å². The topological polar surface area (TPSA) is 37.3 Å². The summed E-state index contributed by atoms with van der Waals surface area (Å²) in [6.07, 6.45) is 24.7. The fourth-order valence-corrected chi connectivity index (χ4v) is 3.04. The first-order chi connectivity index (χ1) is 11.3. The molecule has 1 N–H and O–H groups in total. The molecule has 0 aromatic rings. The maximum atomic E-state index is 10.4. The van der Waals surface area contributed by atoms with E-state index < -0.39 is 5.97 Å². The lowest BCUT2D eigenvalue weighted by molar-refractivity contribution is -0.137. The molecule has 0 unspecified atom stereocenters. The number of unbranched alkanes of at least 4 members (excludes halogenated alkanes) is 16. The first kappa shape index (κ1) is 22.2. The fraction of sp³-hybridized carbons (Fsp3) is 0.857. The standard InChI is InChI=1S/C21H40O2/c1-2-3-4-5-6-7-8-9-10-11-12-13-14-15-16-17-18-19-20-21(22)23/h2H,1,3-20H2,(H,22,23). The number of carboxylic acids is 1. The van der Waals surface area contributed by atoms with Gasteiger partial charge in [-0.25, -0.2) is 0 Å². The van der Waals surface area contributed by atoms with Crippen molar-refractivity contribution in [2.75, 3.05) is 0 Å². The minimum atomic E-state index is -0.655. The molecule has 2 nitrogen and oxygen atoms in total. The van der Waals surface area contributed by atoms with Crippen LogP contribution in [0.4, 0.5) is 0 Å². The van der Waals surface area contributed by atoms with Gasteiger partial charge < -0.3 is 5.11 Å². The zero-order chi connectivity index (χ0) is 17.0. The molecule has 0 rings (SSSR count). The average Bonchev–Trinajstić information content (AvgIpc) is 2.53. The summed E-state index contributed by atoms with van der Waals surface area (Å²) in [5.41, 5.74) is 0. The van der Waals surface area contributed by atoms with Crippen molar-refractivity contribution in [1.29, 1.82) is 0 Å². The summed E-state index contributed by atoms with van der Waals surface area (Å²) >= 11 is 0. The fourth-order valence-electron chi connectivity index (χ4n) is 3.04. The van der Waals surface area contributed by atoms with Gasteiger partial charge in [0.25, 0.3) is 0 Å². The largest absolute Gasteiger partial charge is 0.481 e. The number of hydrogen-bond acceptors (Lipinski definition) is 1. The van der Waals surface area contributed by atoms with E-state index in [0.29, 0.717) is 6.42 Å². The van der Waals surface area contributed by atoms with Gasteiger partial charge in [-0.1, -0.05) is 96.0 Å². The molecule has 0 spiro atoms. The van der Waals surface area contributed by atoms with Crippen LogP contribution in [0, 0.1) is 0 Å². The molecule has 2 heteroatoms. The van der Waals surface area contributed by atoms with E-state index in [-0.39, 0.29) is 0 Å². The highest BCUT2D eigenvalue weighted by Gasteiger charge is 1.97. The highest BCUT2D eigenvalue weighted by Crippen LogP contribution is 2.14. The molecule has 136 valence electrons. The number of aliphatic carboxylic acids is 1. The Morgan fingerprint density at radius 3 is 1.22 bits per heavy atom. The minimum Gasteiger partial charge on any atom is -0.481 e. The van der Waals surface area contributed by atoms with Crippen LogP contribution in [0.15, 0.2) is 12.7 Å². The summed E-state index contributed by atoms with van der Waals surface area (Å²) in [4.78, 5) is 10.4. The van der Waals surface area contributed by atoms with Crippen LogP contribution in [0.5, 0.6) is 0 Å². The predicted octanol–water partition coefficient (Wildman–Crippen LogP) is 7.28. The minimum absolute atomic E-state index is 0.342. The molecule has 0 heterocycles. The van der Waals surface area contributed by atoms with Gasteiger partial charge in [0.2, 0.25) is 0 Å². The van der Waals surface area contributed by atoms with E-state index in [9.17, 15) is 4.79 Å². The molecule has 0 fully saturated rings. The Hall–Kier alpha value is -0.790. The smallest absolute Gasteiger partial charge is 0.303 e. The van der Waals surface area contributed by atoms with Crippen molar-refractivity contribution < 1.29 is 9.90 Å². The van der Waals surface area contributed by atoms with Crippen LogP contribution in [0.3, 0.4) is 0 Å². The number of carboxylic acid groups (broad SMARTS) is 1. The summed E-state index contributed by atoms with van der Waals surface area (Å²) in [5.74, 6) is -0.655. The number of carbonyl (C=O) groups is 1. The van der Waals surface area contributed by atoms with E-state index in [1.165, 1.54) is 96.3 Å². The van der Waals surface area contributed by atoms with E-state index >= 15 is 0 Å². The number of rotatable bonds is 19. The molecule has 0 bridgehead atoms. The van der Waals surface area contributed by atoms with Gasteiger partial charge in [0.05, 0.1) is 0 Å². The predicted molar refractivity (Wildman–Crippen MR) is 101 cm³/mol. The van der Waals surface area contributed by atoms with Gasteiger partial charge >= 0.3 is 5.97 Å². The molecule has 0 atom stereocenters. The second kappa shape index (κ2) is 19.3. The molecule has 0 saturated carbocycles. The van der Waals surface area contributed by atoms with Gasteiger partial charge in [0.1, 0.15) is 0 Å². The lowest BCUT2D eigenvalue weighted by atomic mass is 10.0. The van der Waals surface area contributed by atoms with Gasteiger partial charge in [-0.3, -0.25) is 4.79 Å². The third-order valence-electron chi connectivity index (χ3n) is 4.55. The van der Waals surface area contributed by atoms with E-state index in [4.69, 9.17) is 5.11 Å². The van der Waals surface area contributed by atoms with Crippen molar-refractivity contribution in [3.05, 3.63) is 12.7 Å². The van der Waals surface area contributed by atoms with Crippen LogP contribution >= 0.6 is 0 Å². The molecular weight excluding hydrogens is 284 g/mol. The van der Waals surface area contributed by atoms with E-state index in [0.717, 1.165) is 12.8 Å². The second-order valence-corrected chi connectivity index (χ2v) is 6.88. The summed E-state index contributed by atoms with van der Waals surface area (Å²) in [6, 6.07) is 0. The van der Waals surface area contributed by atoms with Crippen molar-refractivity contribution in [2.45, 2.75) is 116 Å². The number of allylic oxidation sites excluding steroid dienone is 1. The zero-order valence-corrected chi connectivity index (χ0v) is 15.4. The maximum Gasteiger partial charge on any atom is 0.303 e. The van der Waals surface area contributed by atoms with Gasteiger partial charge in [-0.15, -0.1) is 6.58 Å². The summed E-state index contributed by atoms with van der Waals surface area (Å²) in [5, 5.41) is 8.55. The summed E-state index contributed by atoms with van der Waals surface area (Å²) < 4.78 is 0. The van der Waals surface area contributed by atoms with Gasteiger partial charge in [0.15, 0.2) is 0 Å². The summed E-state index contributed by atoms with van der Waals surface area (Å²) in [6.45, 7) is 3.76. The molecule has 0 aromatic carbocycles. The van der Waals surface area contributed by atoms with Crippen LogP contribution in [0.25, 0.3) is 0 Å². The SMILES string of the molecule is C=CCCCCCCCCCCCCCCCCCCC(=O)O. The van der Waals surface area contributed by atoms with Crippen LogP contribution in [0.2, 0.25) is 0 Å². The monoisotopic (exact) mass is 324 g/mol. The molecule has 0 amide bonds. The maximum absolute atomic E-state index is 10.4. The van der Waals surface area contributed by atoms with Crippen molar-refractivity contribution in [1.82, 2.24) is 0 Å². The van der Waals surface area contributed by atoms with Gasteiger partial charge in [0, 0.05) is 6.42 Å². The highest BCUT2D eigenvalue weighted by atomic mass is 16.4. The number of hydrogen-bond donors (Lipinski definition) is 1. The first-order valence-electron chi connectivity index (χ1n) is 10.1. The Morgan fingerprint density at radius 1 is 0.609 bits per heavy atom. The van der Waals surface area contributed by atoms with Crippen LogP contribution < -0.4 is 0 Å². The first-order valence-corrected chi connectivity index (χ1v) is 10.1. The summed E-state index contributed by atoms with van der Waals surface area (Å²) in [7, 11) is 0. The normalized spacial score (nSPS) is 10.8. The second-order valence-electron chi connectivity index (χ2n) is 6.88. The third-order valence-corrected chi connectivity index (χ3v) is 4.55. The molecule has 0 aliphatic heterocycles. The van der Waals surface area contributed by atoms with E-state index in [1.54, 1.807) is 0 Å². The Morgan fingerprint density at radius 2 is 0.913 bits per heavy atom. The van der Waals surface area contributed by atoms with Crippen LogP contribution in [0.1, 0.15) is 116 Å². The molecule has 0 saturated heterocycles. The Labute approximate surface area is 144 Å². The third kappa shape index (κ3) is 21.2. The Kier molecular flexibility index (Phi) is 18.6. The lowest BCUT2D eigenvalue weighted by Crippen LogP contribution is -1.93. The Bertz CT molecular complexity index is 261. The molecule has 0 aliphatic carbocycles. The average molecular weight is 325 g/mol. The Balaban J connectivity index is 2.97. The van der Waals surface area contributed by atoms with Crippen molar-refractivity contribution >= 4 is 5.97 Å². The van der Waals surface area contributed by atoms with Gasteiger partial charge in [-0.05, 0) is 19.3 Å². The van der Waals surface area contributed by atoms with Crippen LogP contribution in [-0.4, -0.2) is 11.1 Å². The molecular formula is C21H40O2. The molecule has 0 radical (unpaired) electrons. The van der Waals surface area contributed by atoms with E-state index in [2.05, 4.69) is 6.58 Å². The quantitative estimate of drug-likeness (QED) is 0.200. The molecule has 23 heavy (non-hydrogen) atoms. The molecule has 0 aliphatic rings. The highest BCUT2D eigenvalue weighted by molar-refractivity contribution is 5.66. The lowest BCUT2D eigenvalue weighted by Gasteiger charge is -2.03. The van der Waals surface area contributed by atoms with E-state index in [1.807, 2.05) is 6.08 Å². The van der Waals surface area contributed by atoms with Crippen molar-refractivity contribution in [3.63, 3.8) is 0 Å². The molecule has 0 aromatic heterocycles. The van der Waals surface area contributed by atoms with Crippen molar-refractivity contribution in [3.8, 4) is 0 Å². The zero-order valence-electron chi connectivity index (χ0n) is 15.4. The van der Waals surface area contributed by atoms with Crippen LogP contribution in [-0.2, 0) is 4.79 Å².